The van der Waals surface area contributed by atoms with E-state index in [0.717, 1.165) is 5.56 Å². The highest BCUT2D eigenvalue weighted by molar-refractivity contribution is 5.90. The van der Waals surface area contributed by atoms with Crippen molar-refractivity contribution in [2.75, 3.05) is 0 Å². The first-order valence-corrected chi connectivity index (χ1v) is 5.97. The van der Waals surface area contributed by atoms with Crippen molar-refractivity contribution >= 4 is 12.3 Å². The Morgan fingerprint density at radius 1 is 1.00 bits per heavy atom. The molecule has 0 amide bonds. The summed E-state index contributed by atoms with van der Waals surface area (Å²) in [6.07, 6.45) is 1.21. The first kappa shape index (κ1) is 13.0. The zero-order valence-corrected chi connectivity index (χ0v) is 10.3. The highest BCUT2D eigenvalue weighted by atomic mass is 16.5. The fourth-order valence-electron chi connectivity index (χ4n) is 1.71. The Morgan fingerprint density at radius 3 is 2.16 bits per heavy atom. The average Bonchev–Trinajstić information content (AvgIpc) is 2.48. The summed E-state index contributed by atoms with van der Waals surface area (Å²) in [5.41, 5.74) is 1.35. The predicted octanol–water partition coefficient (Wildman–Crippen LogP) is 2.56. The molecule has 19 heavy (non-hydrogen) atoms. The van der Waals surface area contributed by atoms with Crippen LogP contribution in [-0.4, -0.2) is 18.4 Å². The fourth-order valence-corrected chi connectivity index (χ4v) is 1.71. The fraction of sp³-hybridized carbons (Fsp3) is 0.125. The third-order valence-corrected chi connectivity index (χ3v) is 2.65. The van der Waals surface area contributed by atoms with Crippen molar-refractivity contribution in [2.24, 2.45) is 0 Å². The summed E-state index contributed by atoms with van der Waals surface area (Å²) in [5, 5.41) is 0. The van der Waals surface area contributed by atoms with Gasteiger partial charge in [0.05, 0.1) is 5.56 Å². The van der Waals surface area contributed by atoms with Crippen LogP contribution in [0.3, 0.4) is 0 Å². The summed E-state index contributed by atoms with van der Waals surface area (Å²) < 4.78 is 5.13. The van der Waals surface area contributed by atoms with Gasteiger partial charge in [-0.3, -0.25) is 4.79 Å². The summed E-state index contributed by atoms with van der Waals surface area (Å²) in [6.45, 7) is 0. The molecular weight excluding hydrogens is 240 g/mol. The minimum absolute atomic E-state index is 0.336. The maximum absolute atomic E-state index is 11.8. The number of carbonyl (C=O) groups excluding carboxylic acids is 2. The van der Waals surface area contributed by atoms with E-state index < -0.39 is 12.1 Å². The minimum Gasteiger partial charge on any atom is -0.450 e. The lowest BCUT2D eigenvalue weighted by molar-refractivity contribution is 0.0422. The standard InChI is InChI=1S/C16H13O3/c17-12-15(11-13-7-3-1-4-8-13)19-16(18)14-9-5-2-6-10-14/h1-10,15H,11H2/t15-/m1/s1. The van der Waals surface area contributed by atoms with Crippen molar-refractivity contribution in [3.8, 4) is 0 Å². The first-order valence-electron chi connectivity index (χ1n) is 5.97. The van der Waals surface area contributed by atoms with Crippen LogP contribution in [0.1, 0.15) is 15.9 Å². The number of hydrogen-bond donors (Lipinski definition) is 0. The second-order valence-electron chi connectivity index (χ2n) is 4.07. The van der Waals surface area contributed by atoms with Crippen LogP contribution < -0.4 is 0 Å². The molecule has 3 heteroatoms. The lowest BCUT2D eigenvalue weighted by Crippen LogP contribution is -2.22. The Bertz CT molecular complexity index is 534. The lowest BCUT2D eigenvalue weighted by atomic mass is 10.1. The van der Waals surface area contributed by atoms with Gasteiger partial charge in [0.2, 0.25) is 6.29 Å². The molecular formula is C16H13O3. The number of benzene rings is 2. The Kier molecular flexibility index (Phi) is 4.45. The highest BCUT2D eigenvalue weighted by Crippen LogP contribution is 2.08. The molecule has 2 rings (SSSR count). The Labute approximate surface area is 111 Å². The van der Waals surface area contributed by atoms with Gasteiger partial charge in [-0.1, -0.05) is 48.5 Å². The van der Waals surface area contributed by atoms with E-state index >= 15 is 0 Å². The summed E-state index contributed by atoms with van der Waals surface area (Å²) in [5.74, 6) is -0.509. The normalized spacial score (nSPS) is 11.6. The largest absolute Gasteiger partial charge is 0.450 e. The van der Waals surface area contributed by atoms with Crippen LogP contribution in [0.4, 0.5) is 0 Å². The summed E-state index contributed by atoms with van der Waals surface area (Å²) in [4.78, 5) is 22.7. The summed E-state index contributed by atoms with van der Waals surface area (Å²) >= 11 is 0. The number of carbonyl (C=O) groups is 1. The van der Waals surface area contributed by atoms with Crippen molar-refractivity contribution < 1.29 is 14.3 Å². The van der Waals surface area contributed by atoms with Crippen LogP contribution in [0.5, 0.6) is 0 Å². The molecule has 0 fully saturated rings. The van der Waals surface area contributed by atoms with Crippen LogP contribution >= 0.6 is 0 Å². The van der Waals surface area contributed by atoms with E-state index in [0.29, 0.717) is 12.0 Å². The molecule has 0 aromatic heterocycles. The van der Waals surface area contributed by atoms with Crippen LogP contribution in [0.2, 0.25) is 0 Å². The van der Waals surface area contributed by atoms with Gasteiger partial charge in [0, 0.05) is 6.42 Å². The van der Waals surface area contributed by atoms with Gasteiger partial charge in [-0.15, -0.1) is 0 Å². The third-order valence-electron chi connectivity index (χ3n) is 2.65. The maximum Gasteiger partial charge on any atom is 0.338 e. The lowest BCUT2D eigenvalue weighted by Gasteiger charge is -2.11. The molecule has 3 nitrogen and oxygen atoms in total. The predicted molar refractivity (Wildman–Crippen MR) is 71.5 cm³/mol. The summed E-state index contributed by atoms with van der Waals surface area (Å²) in [7, 11) is 0. The molecule has 0 saturated heterocycles. The van der Waals surface area contributed by atoms with Crippen molar-refractivity contribution in [3.63, 3.8) is 0 Å². The van der Waals surface area contributed by atoms with Gasteiger partial charge in [0.25, 0.3) is 0 Å². The molecule has 1 radical (unpaired) electrons. The van der Waals surface area contributed by atoms with Crippen LogP contribution in [-0.2, 0) is 16.0 Å². The van der Waals surface area contributed by atoms with E-state index in [2.05, 4.69) is 0 Å². The molecule has 2 aromatic carbocycles. The number of ether oxygens (including phenoxy) is 1. The van der Waals surface area contributed by atoms with Crippen molar-refractivity contribution in [2.45, 2.75) is 12.5 Å². The Balaban J connectivity index is 2.00. The van der Waals surface area contributed by atoms with Gasteiger partial charge in [-0.25, -0.2) is 4.79 Å². The van der Waals surface area contributed by atoms with E-state index in [1.165, 1.54) is 0 Å². The molecule has 95 valence electrons. The molecule has 0 N–H and O–H groups in total. The van der Waals surface area contributed by atoms with Gasteiger partial charge < -0.3 is 4.74 Å². The van der Waals surface area contributed by atoms with Crippen molar-refractivity contribution in [1.29, 1.82) is 0 Å². The van der Waals surface area contributed by atoms with Crippen LogP contribution in [0.15, 0.2) is 60.7 Å². The van der Waals surface area contributed by atoms with Crippen molar-refractivity contribution in [1.82, 2.24) is 0 Å². The van der Waals surface area contributed by atoms with Gasteiger partial charge in [-0.05, 0) is 17.7 Å². The molecule has 0 aliphatic carbocycles. The maximum atomic E-state index is 11.8. The Hall–Kier alpha value is -2.42. The number of esters is 1. The Morgan fingerprint density at radius 2 is 1.58 bits per heavy atom. The highest BCUT2D eigenvalue weighted by Gasteiger charge is 2.16. The molecule has 0 aliphatic rings. The van der Waals surface area contributed by atoms with Gasteiger partial charge >= 0.3 is 5.97 Å². The smallest absolute Gasteiger partial charge is 0.338 e. The second kappa shape index (κ2) is 6.50. The number of rotatable bonds is 5. The topological polar surface area (TPSA) is 43.4 Å². The molecule has 0 saturated carbocycles. The summed E-state index contributed by atoms with van der Waals surface area (Å²) in [6, 6.07) is 18.0. The zero-order valence-electron chi connectivity index (χ0n) is 10.3. The monoisotopic (exact) mass is 253 g/mol. The van der Waals surface area contributed by atoms with E-state index in [4.69, 9.17) is 4.74 Å². The third kappa shape index (κ3) is 3.78. The quantitative estimate of drug-likeness (QED) is 0.769. The molecule has 0 bridgehead atoms. The molecule has 0 heterocycles. The minimum atomic E-state index is -0.880. The van der Waals surface area contributed by atoms with Crippen LogP contribution in [0, 0.1) is 0 Å². The zero-order chi connectivity index (χ0) is 13.5. The van der Waals surface area contributed by atoms with Gasteiger partial charge in [-0.2, -0.15) is 0 Å². The molecule has 1 atom stereocenters. The van der Waals surface area contributed by atoms with Gasteiger partial charge in [0.15, 0.2) is 6.10 Å². The molecule has 0 aliphatic heterocycles. The van der Waals surface area contributed by atoms with Gasteiger partial charge in [0.1, 0.15) is 0 Å². The van der Waals surface area contributed by atoms with Crippen LogP contribution in [0.25, 0.3) is 0 Å². The molecule has 0 spiro atoms. The average molecular weight is 253 g/mol. The number of hydrogen-bond acceptors (Lipinski definition) is 3. The van der Waals surface area contributed by atoms with E-state index in [1.54, 1.807) is 30.6 Å². The van der Waals surface area contributed by atoms with E-state index in [9.17, 15) is 9.59 Å². The molecule has 0 unspecified atom stereocenters. The van der Waals surface area contributed by atoms with E-state index in [-0.39, 0.29) is 0 Å². The molecule has 2 aromatic rings. The second-order valence-corrected chi connectivity index (χ2v) is 4.07. The van der Waals surface area contributed by atoms with Crippen molar-refractivity contribution in [3.05, 3.63) is 71.8 Å². The SMILES string of the molecule is O=[C][C@@H](Cc1ccccc1)OC(=O)c1ccccc1. The van der Waals surface area contributed by atoms with E-state index in [1.807, 2.05) is 36.4 Å². The first-order chi connectivity index (χ1) is 9.29.